The number of hydrogen-bond donors (Lipinski definition) is 2. The fraction of sp³-hybridized carbons (Fsp3) is 0.316. The van der Waals surface area contributed by atoms with Crippen molar-refractivity contribution in [1.82, 2.24) is 5.16 Å². The van der Waals surface area contributed by atoms with E-state index in [4.69, 9.17) is 16.1 Å². The average molecular weight is 376 g/mol. The summed E-state index contributed by atoms with van der Waals surface area (Å²) in [6, 6.07) is 14.4. The van der Waals surface area contributed by atoms with Gasteiger partial charge in [-0.2, -0.15) is 0 Å². The summed E-state index contributed by atoms with van der Waals surface area (Å²) < 4.78 is 5.49. The van der Waals surface area contributed by atoms with Crippen molar-refractivity contribution in [2.24, 2.45) is 0 Å². The minimum absolute atomic E-state index is 0.808. The number of piperazine rings is 1. The summed E-state index contributed by atoms with van der Waals surface area (Å²) in [4.78, 5) is 4.38. The Kier molecular flexibility index (Phi) is 5.17. The lowest BCUT2D eigenvalue weighted by molar-refractivity contribution is -1.02. The molecule has 130 valence electrons. The number of benzene rings is 1. The van der Waals surface area contributed by atoms with Crippen LogP contribution in [0.3, 0.4) is 0 Å². The van der Waals surface area contributed by atoms with Crippen LogP contribution in [-0.2, 0) is 13.1 Å². The molecule has 25 heavy (non-hydrogen) atoms. The minimum atomic E-state index is 0.808. The number of rotatable bonds is 5. The number of halogens is 1. The molecule has 0 atom stereocenters. The van der Waals surface area contributed by atoms with E-state index in [1.54, 1.807) is 21.1 Å². The number of quaternary nitrogens is 2. The number of nitrogens with zero attached hydrogens (tertiary/aromatic N) is 1. The van der Waals surface area contributed by atoms with Gasteiger partial charge in [-0.05, 0) is 23.6 Å². The van der Waals surface area contributed by atoms with E-state index < -0.39 is 0 Å². The molecule has 1 aliphatic heterocycles. The van der Waals surface area contributed by atoms with Gasteiger partial charge in [-0.15, -0.1) is 11.3 Å². The highest BCUT2D eigenvalue weighted by Gasteiger charge is 2.24. The molecular weight excluding hydrogens is 354 g/mol. The highest BCUT2D eigenvalue weighted by atomic mass is 35.5. The predicted molar refractivity (Wildman–Crippen MR) is 100 cm³/mol. The molecule has 1 aliphatic rings. The van der Waals surface area contributed by atoms with E-state index in [-0.39, 0.29) is 0 Å². The Morgan fingerprint density at radius 3 is 2.40 bits per heavy atom. The third-order valence-electron chi connectivity index (χ3n) is 4.79. The van der Waals surface area contributed by atoms with Crippen LogP contribution in [0.15, 0.2) is 52.4 Å². The maximum Gasteiger partial charge on any atom is 0.177 e. The second kappa shape index (κ2) is 7.70. The molecule has 0 unspecified atom stereocenters. The van der Waals surface area contributed by atoms with E-state index in [0.29, 0.717) is 0 Å². The van der Waals surface area contributed by atoms with E-state index in [2.05, 4.69) is 34.8 Å². The smallest absolute Gasteiger partial charge is 0.177 e. The molecule has 1 fully saturated rings. The van der Waals surface area contributed by atoms with Crippen LogP contribution >= 0.6 is 22.9 Å². The predicted octanol–water partition coefficient (Wildman–Crippen LogP) is 1.54. The number of hydrogen-bond acceptors (Lipinski definition) is 3. The molecule has 1 aromatic carbocycles. The van der Waals surface area contributed by atoms with Crippen molar-refractivity contribution in [2.45, 2.75) is 13.1 Å². The largest absolute Gasteiger partial charge is 0.355 e. The maximum atomic E-state index is 5.96. The summed E-state index contributed by atoms with van der Waals surface area (Å²) in [5.41, 5.74) is 2.42. The van der Waals surface area contributed by atoms with Crippen molar-refractivity contribution >= 4 is 22.9 Å². The highest BCUT2D eigenvalue weighted by Crippen LogP contribution is 2.24. The Hall–Kier alpha value is -1.66. The van der Waals surface area contributed by atoms with E-state index in [1.807, 2.05) is 18.2 Å². The summed E-state index contributed by atoms with van der Waals surface area (Å²) >= 11 is 7.65. The molecule has 4 nitrogen and oxygen atoms in total. The molecule has 0 aliphatic carbocycles. The summed E-state index contributed by atoms with van der Waals surface area (Å²) in [5, 5.41) is 7.12. The van der Waals surface area contributed by atoms with Gasteiger partial charge in [-0.1, -0.05) is 35.0 Å². The first-order valence-corrected chi connectivity index (χ1v) is 9.93. The van der Waals surface area contributed by atoms with E-state index in [0.717, 1.165) is 34.4 Å². The third kappa shape index (κ3) is 4.30. The maximum absolute atomic E-state index is 5.96. The fourth-order valence-electron chi connectivity index (χ4n) is 3.39. The average Bonchev–Trinajstić information content (AvgIpc) is 3.30. The van der Waals surface area contributed by atoms with Gasteiger partial charge in [0, 0.05) is 16.7 Å². The van der Waals surface area contributed by atoms with Crippen molar-refractivity contribution in [3.8, 4) is 10.6 Å². The van der Waals surface area contributed by atoms with Gasteiger partial charge < -0.3 is 14.3 Å². The van der Waals surface area contributed by atoms with E-state index >= 15 is 0 Å². The van der Waals surface area contributed by atoms with Crippen molar-refractivity contribution in [3.63, 3.8) is 0 Å². The van der Waals surface area contributed by atoms with Crippen molar-refractivity contribution in [1.29, 1.82) is 0 Å². The van der Waals surface area contributed by atoms with Gasteiger partial charge in [-0.3, -0.25) is 0 Å². The van der Waals surface area contributed by atoms with E-state index in [9.17, 15) is 0 Å². The number of aromatic nitrogens is 1. The molecule has 6 heteroatoms. The summed E-state index contributed by atoms with van der Waals surface area (Å²) in [6.07, 6.45) is 0. The van der Waals surface area contributed by atoms with Crippen LogP contribution in [-0.4, -0.2) is 31.3 Å². The molecule has 0 bridgehead atoms. The van der Waals surface area contributed by atoms with Crippen LogP contribution in [0.2, 0.25) is 5.02 Å². The van der Waals surface area contributed by atoms with E-state index in [1.165, 1.54) is 31.7 Å². The van der Waals surface area contributed by atoms with Gasteiger partial charge in [0.25, 0.3) is 0 Å². The topological polar surface area (TPSA) is 34.9 Å². The molecule has 0 radical (unpaired) electrons. The zero-order valence-corrected chi connectivity index (χ0v) is 15.6. The quantitative estimate of drug-likeness (QED) is 0.709. The molecule has 0 amide bonds. The van der Waals surface area contributed by atoms with Gasteiger partial charge in [-0.25, -0.2) is 0 Å². The number of nitrogens with one attached hydrogen (secondary N) is 2. The van der Waals surface area contributed by atoms with Gasteiger partial charge in [0.1, 0.15) is 45.0 Å². The fourth-order valence-corrected chi connectivity index (χ4v) is 4.19. The highest BCUT2D eigenvalue weighted by molar-refractivity contribution is 7.13. The van der Waals surface area contributed by atoms with Gasteiger partial charge in [0.05, 0.1) is 4.88 Å². The second-order valence-corrected chi connectivity index (χ2v) is 8.02. The first-order valence-electron chi connectivity index (χ1n) is 8.67. The first kappa shape index (κ1) is 16.8. The molecule has 2 aromatic heterocycles. The van der Waals surface area contributed by atoms with Crippen molar-refractivity contribution < 1.29 is 14.3 Å². The van der Waals surface area contributed by atoms with Crippen molar-refractivity contribution in [2.75, 3.05) is 26.2 Å². The molecule has 2 N–H and O–H groups in total. The Labute approximate surface area is 156 Å². The number of thiophene rings is 1. The molecule has 4 rings (SSSR count). The van der Waals surface area contributed by atoms with Gasteiger partial charge in [0.2, 0.25) is 0 Å². The lowest BCUT2D eigenvalue weighted by Gasteiger charge is -2.29. The summed E-state index contributed by atoms with van der Waals surface area (Å²) in [7, 11) is 0. The molecular formula is C19H22ClN3OS+2. The lowest BCUT2D eigenvalue weighted by Crippen LogP contribution is -3.27. The minimum Gasteiger partial charge on any atom is -0.355 e. The zero-order valence-electron chi connectivity index (χ0n) is 14.0. The summed E-state index contributed by atoms with van der Waals surface area (Å²) in [6.45, 7) is 6.75. The molecule has 3 heterocycles. The van der Waals surface area contributed by atoms with Crippen LogP contribution in [0.5, 0.6) is 0 Å². The molecule has 1 saturated heterocycles. The standard InChI is InChI=1S/C19H20ClN3OS/c20-16-5-3-15(4-6-16)13-22-7-9-23(10-8-22)14-17-12-18(24-21-17)19-2-1-11-25-19/h1-6,11-12H,7-10,13-14H2/p+2. The van der Waals surface area contributed by atoms with Crippen LogP contribution in [0.4, 0.5) is 0 Å². The van der Waals surface area contributed by atoms with Crippen molar-refractivity contribution in [3.05, 3.63) is 64.1 Å². The first-order chi connectivity index (χ1) is 12.3. The second-order valence-electron chi connectivity index (χ2n) is 6.64. The molecule has 0 spiro atoms. The Morgan fingerprint density at radius 1 is 1.00 bits per heavy atom. The monoisotopic (exact) mass is 375 g/mol. The molecule has 0 saturated carbocycles. The summed E-state index contributed by atoms with van der Waals surface area (Å²) in [5.74, 6) is 0.886. The van der Waals surface area contributed by atoms with Gasteiger partial charge >= 0.3 is 0 Å². The zero-order chi connectivity index (χ0) is 17.1. The van der Waals surface area contributed by atoms with Gasteiger partial charge in [0.15, 0.2) is 5.76 Å². The molecule has 3 aromatic rings. The Morgan fingerprint density at radius 2 is 1.72 bits per heavy atom. The lowest BCUT2D eigenvalue weighted by atomic mass is 10.2. The Balaban J connectivity index is 1.28. The van der Waals surface area contributed by atoms with Crippen LogP contribution < -0.4 is 9.80 Å². The third-order valence-corrected chi connectivity index (χ3v) is 5.92. The van der Waals surface area contributed by atoms with Crippen LogP contribution in [0.25, 0.3) is 10.6 Å². The van der Waals surface area contributed by atoms with Crippen LogP contribution in [0, 0.1) is 0 Å². The van der Waals surface area contributed by atoms with Crippen LogP contribution in [0.1, 0.15) is 11.3 Å². The Bertz CT molecular complexity index is 792. The SMILES string of the molecule is Clc1ccc(C[NH+]2CC[NH+](Cc3cc(-c4cccs4)on3)CC2)cc1. The normalized spacial score (nSPS) is 20.7.